The highest BCUT2D eigenvalue weighted by Gasteiger charge is 2.45. The number of nitrogens with zero attached hydrogens (tertiary/aromatic N) is 5. The molecule has 334 valence electrons. The van der Waals surface area contributed by atoms with E-state index < -0.39 is 35.7 Å². The highest BCUT2D eigenvalue weighted by Crippen LogP contribution is 2.36. The summed E-state index contributed by atoms with van der Waals surface area (Å²) in [4.78, 5) is 89.5. The molecule has 4 aromatic carbocycles. The van der Waals surface area contributed by atoms with Crippen LogP contribution in [0, 0.1) is 0 Å². The Morgan fingerprint density at radius 2 is 1.57 bits per heavy atom. The SMILES string of the molecule is O=C1CCC(N2C(=O)c3cccc(NCCOCCOCCN4CCN(c5ccc(-c6ccc7c(c6)C(=O)N(C(C(=O)Nc6nccs6)c6ccccc6)C7)cc5)CC4)c3C2=O)C(=O)N1. The van der Waals surface area contributed by atoms with E-state index in [9.17, 15) is 28.8 Å². The van der Waals surface area contributed by atoms with Crippen LogP contribution in [0.3, 0.4) is 0 Å². The quantitative estimate of drug-likeness (QED) is 0.0857. The van der Waals surface area contributed by atoms with E-state index in [2.05, 4.69) is 55.0 Å². The van der Waals surface area contributed by atoms with Crippen LogP contribution in [-0.2, 0) is 30.4 Å². The lowest BCUT2D eigenvalue weighted by atomic mass is 10.00. The number of ether oxygens (including phenoxy) is 2. The number of fused-ring (bicyclic) bond motifs is 2. The summed E-state index contributed by atoms with van der Waals surface area (Å²) in [5.74, 6) is -2.64. The van der Waals surface area contributed by atoms with Gasteiger partial charge in [-0.15, -0.1) is 11.3 Å². The van der Waals surface area contributed by atoms with Crippen molar-refractivity contribution in [3.63, 3.8) is 0 Å². The number of amides is 6. The van der Waals surface area contributed by atoms with E-state index in [1.54, 1.807) is 34.7 Å². The van der Waals surface area contributed by atoms with Gasteiger partial charge >= 0.3 is 0 Å². The number of hydrogen-bond donors (Lipinski definition) is 3. The number of hydrogen-bond acceptors (Lipinski definition) is 13. The van der Waals surface area contributed by atoms with Crippen LogP contribution >= 0.6 is 11.3 Å². The number of imide groups is 2. The average Bonchev–Trinajstić information content (AvgIpc) is 4.02. The first-order valence-electron chi connectivity index (χ1n) is 21.7. The Kier molecular flexibility index (Phi) is 13.1. The molecular formula is C48H48N8O8S. The zero-order valence-corrected chi connectivity index (χ0v) is 36.4. The summed E-state index contributed by atoms with van der Waals surface area (Å²) in [5, 5.41) is 10.6. The van der Waals surface area contributed by atoms with Gasteiger partial charge in [0.15, 0.2) is 5.13 Å². The van der Waals surface area contributed by atoms with Gasteiger partial charge in [0.1, 0.15) is 12.1 Å². The Hall–Kier alpha value is -6.79. The maximum atomic E-state index is 13.9. The van der Waals surface area contributed by atoms with Crippen LogP contribution in [0.4, 0.5) is 16.5 Å². The van der Waals surface area contributed by atoms with E-state index in [-0.39, 0.29) is 35.8 Å². The third kappa shape index (κ3) is 9.40. The predicted octanol–water partition coefficient (Wildman–Crippen LogP) is 4.81. The van der Waals surface area contributed by atoms with E-state index in [4.69, 9.17) is 9.47 Å². The first-order chi connectivity index (χ1) is 31.7. The summed E-state index contributed by atoms with van der Waals surface area (Å²) >= 11 is 1.33. The Morgan fingerprint density at radius 3 is 2.32 bits per heavy atom. The molecule has 16 nitrogen and oxygen atoms in total. The summed E-state index contributed by atoms with van der Waals surface area (Å²) in [6, 6.07) is 26.9. The van der Waals surface area contributed by atoms with Gasteiger partial charge in [-0.05, 0) is 59.0 Å². The standard InChI is InChI=1S/C48H48N8O8S/c57-40-16-15-39(43(58)51-40)56-46(61)36-7-4-8-38(41(36)47(56)62)49-17-24-63-26-27-64-25-23-53-19-21-54(22-20-53)35-13-11-31(12-14-35)33-9-10-34-30-55(45(60)37(34)29-33)42(32-5-2-1-3-6-32)44(59)52-48-50-18-28-65-48/h1-14,18,28-29,39,42,49H,15-17,19-27,30H2,(H,50,52,59)(H,51,57,58). The first-order valence-corrected chi connectivity index (χ1v) is 22.6. The minimum Gasteiger partial charge on any atom is -0.382 e. The molecule has 5 heterocycles. The fourth-order valence-corrected chi connectivity index (χ4v) is 9.34. The third-order valence-electron chi connectivity index (χ3n) is 12.2. The Balaban J connectivity index is 0.686. The number of nitrogens with one attached hydrogen (secondary N) is 3. The summed E-state index contributed by atoms with van der Waals surface area (Å²) in [7, 11) is 0. The van der Waals surface area contributed by atoms with Crippen LogP contribution in [0.5, 0.6) is 0 Å². The Bertz CT molecular complexity index is 2580. The average molecular weight is 897 g/mol. The lowest BCUT2D eigenvalue weighted by Crippen LogP contribution is -2.54. The van der Waals surface area contributed by atoms with Crippen LogP contribution < -0.4 is 20.9 Å². The van der Waals surface area contributed by atoms with Gasteiger partial charge in [-0.3, -0.25) is 49.2 Å². The molecule has 2 unspecified atom stereocenters. The van der Waals surface area contributed by atoms with E-state index >= 15 is 0 Å². The molecule has 0 aliphatic carbocycles. The van der Waals surface area contributed by atoms with Crippen molar-refractivity contribution < 1.29 is 38.2 Å². The molecule has 2 atom stereocenters. The fourth-order valence-electron chi connectivity index (χ4n) is 8.81. The Labute approximate surface area is 379 Å². The number of thiazole rings is 1. The van der Waals surface area contributed by atoms with E-state index in [1.807, 2.05) is 48.5 Å². The van der Waals surface area contributed by atoms with Gasteiger partial charge in [0, 0.05) is 80.7 Å². The smallest absolute Gasteiger partial charge is 0.264 e. The monoisotopic (exact) mass is 896 g/mol. The first kappa shape index (κ1) is 43.5. The number of rotatable bonds is 17. The van der Waals surface area contributed by atoms with Gasteiger partial charge in [0.2, 0.25) is 11.8 Å². The summed E-state index contributed by atoms with van der Waals surface area (Å²) in [5.41, 5.74) is 6.24. The van der Waals surface area contributed by atoms with Crippen molar-refractivity contribution in [1.29, 1.82) is 0 Å². The number of aromatic nitrogens is 1. The molecular weight excluding hydrogens is 849 g/mol. The number of carbonyl (C=O) groups is 6. The van der Waals surface area contributed by atoms with E-state index in [1.165, 1.54) is 11.3 Å². The number of piperazine rings is 1. The number of anilines is 3. The molecule has 4 aliphatic rings. The van der Waals surface area contributed by atoms with Crippen LogP contribution in [0.1, 0.15) is 61.1 Å². The molecule has 3 N–H and O–H groups in total. The molecule has 6 amide bonds. The molecule has 9 rings (SSSR count). The highest BCUT2D eigenvalue weighted by molar-refractivity contribution is 7.13. The normalized spacial score (nSPS) is 17.9. The maximum absolute atomic E-state index is 13.9. The second kappa shape index (κ2) is 19.5. The van der Waals surface area contributed by atoms with Crippen molar-refractivity contribution in [3.8, 4) is 11.1 Å². The molecule has 0 spiro atoms. The number of benzene rings is 4. The summed E-state index contributed by atoms with van der Waals surface area (Å²) < 4.78 is 11.6. The van der Waals surface area contributed by atoms with Gasteiger partial charge in [-0.1, -0.05) is 60.7 Å². The summed E-state index contributed by atoms with van der Waals surface area (Å²) in [6.45, 7) is 6.91. The number of carbonyl (C=O) groups excluding carboxylic acids is 6. The topological polar surface area (TPSA) is 183 Å². The van der Waals surface area contributed by atoms with E-state index in [0.29, 0.717) is 55.9 Å². The lowest BCUT2D eigenvalue weighted by Gasteiger charge is -2.36. The van der Waals surface area contributed by atoms with E-state index in [0.717, 1.165) is 65.6 Å². The van der Waals surface area contributed by atoms with Crippen molar-refractivity contribution in [2.45, 2.75) is 31.5 Å². The van der Waals surface area contributed by atoms with Gasteiger partial charge in [-0.2, -0.15) is 0 Å². The molecule has 5 aromatic rings. The molecule has 0 bridgehead atoms. The molecule has 1 aromatic heterocycles. The van der Waals surface area contributed by atoms with Crippen molar-refractivity contribution >= 4 is 63.3 Å². The zero-order chi connectivity index (χ0) is 44.9. The minimum absolute atomic E-state index is 0.0640. The molecule has 4 aliphatic heterocycles. The Morgan fingerprint density at radius 1 is 0.800 bits per heavy atom. The zero-order valence-electron chi connectivity index (χ0n) is 35.6. The van der Waals surface area contributed by atoms with Gasteiger partial charge in [-0.25, -0.2) is 4.98 Å². The second-order valence-electron chi connectivity index (χ2n) is 16.1. The van der Waals surface area contributed by atoms with Crippen LogP contribution in [0.15, 0.2) is 103 Å². The highest BCUT2D eigenvalue weighted by atomic mass is 32.1. The van der Waals surface area contributed by atoms with Crippen molar-refractivity contribution in [2.24, 2.45) is 0 Å². The molecule has 65 heavy (non-hydrogen) atoms. The maximum Gasteiger partial charge on any atom is 0.264 e. The van der Waals surface area contributed by atoms with Crippen LogP contribution in [0.25, 0.3) is 11.1 Å². The van der Waals surface area contributed by atoms with Crippen LogP contribution in [0.2, 0.25) is 0 Å². The molecule has 0 saturated carbocycles. The molecule has 2 fully saturated rings. The van der Waals surface area contributed by atoms with Crippen molar-refractivity contribution in [3.05, 3.63) is 130 Å². The second-order valence-corrected chi connectivity index (χ2v) is 17.0. The fraction of sp³-hybridized carbons (Fsp3) is 0.312. The third-order valence-corrected chi connectivity index (χ3v) is 12.9. The summed E-state index contributed by atoms with van der Waals surface area (Å²) in [6.07, 6.45) is 1.80. The van der Waals surface area contributed by atoms with Crippen molar-refractivity contribution in [1.82, 2.24) is 25.0 Å². The van der Waals surface area contributed by atoms with Gasteiger partial charge in [0.25, 0.3) is 23.6 Å². The molecule has 17 heteroatoms. The molecule has 2 saturated heterocycles. The van der Waals surface area contributed by atoms with Gasteiger partial charge < -0.3 is 24.6 Å². The van der Waals surface area contributed by atoms with Crippen LogP contribution in [-0.4, -0.2) is 127 Å². The van der Waals surface area contributed by atoms with Crippen molar-refractivity contribution in [2.75, 3.05) is 81.2 Å². The number of piperidine rings is 1. The lowest BCUT2D eigenvalue weighted by molar-refractivity contribution is -0.136. The predicted molar refractivity (Wildman–Crippen MR) is 244 cm³/mol. The molecule has 0 radical (unpaired) electrons. The largest absolute Gasteiger partial charge is 0.382 e. The van der Waals surface area contributed by atoms with Gasteiger partial charge in [0.05, 0.1) is 37.6 Å². The minimum atomic E-state index is -1.02.